The lowest BCUT2D eigenvalue weighted by atomic mass is 10.1. The maximum atomic E-state index is 12.3. The van der Waals surface area contributed by atoms with Gasteiger partial charge in [-0.2, -0.15) is 13.2 Å². The Morgan fingerprint density at radius 2 is 1.93 bits per heavy atom. The summed E-state index contributed by atoms with van der Waals surface area (Å²) in [5, 5.41) is 7.89. The van der Waals surface area contributed by atoms with Crippen LogP contribution in [-0.2, 0) is 12.8 Å². The lowest BCUT2D eigenvalue weighted by molar-refractivity contribution is -0.138. The lowest BCUT2D eigenvalue weighted by Crippen LogP contribution is -2.10. The van der Waals surface area contributed by atoms with Gasteiger partial charge in [0.25, 0.3) is 0 Å². The summed E-state index contributed by atoms with van der Waals surface area (Å²) in [6.45, 7) is -0.835. The van der Waals surface area contributed by atoms with E-state index in [1.165, 1.54) is 0 Å². The average molecular weight is 246 g/mol. The van der Waals surface area contributed by atoms with Gasteiger partial charge in [0.2, 0.25) is 0 Å². The number of halogens is 5. The van der Waals surface area contributed by atoms with E-state index in [0.717, 1.165) is 0 Å². The fraction of sp³-hybridized carbons (Fsp3) is 0.286. The van der Waals surface area contributed by atoms with Crippen molar-refractivity contribution >= 4 is 23.2 Å². The zero-order chi connectivity index (χ0) is 10.9. The van der Waals surface area contributed by atoms with Gasteiger partial charge < -0.3 is 5.11 Å². The molecule has 0 unspecified atom stereocenters. The summed E-state index contributed by atoms with van der Waals surface area (Å²) in [4.78, 5) is 3.39. The van der Waals surface area contributed by atoms with Crippen molar-refractivity contribution in [2.24, 2.45) is 0 Å². The Labute approximate surface area is 87.3 Å². The quantitative estimate of drug-likeness (QED) is 0.772. The van der Waals surface area contributed by atoms with E-state index in [1.807, 2.05) is 0 Å². The second-order valence-electron chi connectivity index (χ2n) is 2.42. The van der Waals surface area contributed by atoms with E-state index >= 15 is 0 Å². The van der Waals surface area contributed by atoms with Crippen molar-refractivity contribution in [3.05, 3.63) is 27.5 Å². The second-order valence-corrected chi connectivity index (χ2v) is 3.16. The van der Waals surface area contributed by atoms with Crippen LogP contribution in [0.3, 0.4) is 0 Å². The molecule has 0 aliphatic heterocycles. The second kappa shape index (κ2) is 3.92. The predicted octanol–water partition coefficient (Wildman–Crippen LogP) is 2.90. The maximum absolute atomic E-state index is 12.3. The van der Waals surface area contributed by atoms with Crippen LogP contribution in [0.15, 0.2) is 6.07 Å². The van der Waals surface area contributed by atoms with Crippen LogP contribution in [0.25, 0.3) is 0 Å². The number of aromatic nitrogens is 1. The average Bonchev–Trinajstić information content (AvgIpc) is 2.01. The highest BCUT2D eigenvalue weighted by molar-refractivity contribution is 6.33. The molecule has 1 aromatic rings. The van der Waals surface area contributed by atoms with Crippen LogP contribution in [0.2, 0.25) is 10.3 Å². The van der Waals surface area contributed by atoms with E-state index in [-0.39, 0.29) is 5.15 Å². The fourth-order valence-electron chi connectivity index (χ4n) is 0.914. The highest BCUT2D eigenvalue weighted by Gasteiger charge is 2.34. The lowest BCUT2D eigenvalue weighted by Gasteiger charge is -2.12. The standard InChI is InChI=1S/C7H4Cl2F3NO/c8-5-1-4(7(10,11)12)3(2-14)6(9)13-5/h1,14H,2H2. The molecule has 14 heavy (non-hydrogen) atoms. The Bertz CT molecular complexity index is 354. The molecule has 78 valence electrons. The third kappa shape index (κ3) is 2.29. The molecule has 1 N–H and O–H groups in total. The first kappa shape index (κ1) is 11.6. The molecule has 2 nitrogen and oxygen atoms in total. The van der Waals surface area contributed by atoms with E-state index in [4.69, 9.17) is 28.3 Å². The van der Waals surface area contributed by atoms with Crippen LogP contribution < -0.4 is 0 Å². The number of hydrogen-bond acceptors (Lipinski definition) is 2. The largest absolute Gasteiger partial charge is 0.416 e. The van der Waals surface area contributed by atoms with Crippen molar-refractivity contribution in [1.29, 1.82) is 0 Å². The van der Waals surface area contributed by atoms with Crippen LogP contribution >= 0.6 is 23.2 Å². The molecule has 0 amide bonds. The number of aliphatic hydroxyl groups is 1. The molecular weight excluding hydrogens is 242 g/mol. The van der Waals surface area contributed by atoms with Gasteiger partial charge in [-0.3, -0.25) is 0 Å². The van der Waals surface area contributed by atoms with Crippen molar-refractivity contribution in [1.82, 2.24) is 4.98 Å². The molecule has 0 bridgehead atoms. The molecule has 0 spiro atoms. The molecule has 0 aliphatic rings. The minimum Gasteiger partial charge on any atom is -0.392 e. The Morgan fingerprint density at radius 3 is 2.36 bits per heavy atom. The van der Waals surface area contributed by atoms with Gasteiger partial charge in [-0.05, 0) is 6.07 Å². The molecule has 0 saturated heterocycles. The maximum Gasteiger partial charge on any atom is 0.416 e. The van der Waals surface area contributed by atoms with Gasteiger partial charge in [0, 0.05) is 5.56 Å². The van der Waals surface area contributed by atoms with Crippen molar-refractivity contribution < 1.29 is 18.3 Å². The van der Waals surface area contributed by atoms with Crippen molar-refractivity contribution in [3.8, 4) is 0 Å². The first-order valence-corrected chi connectivity index (χ1v) is 4.15. The smallest absolute Gasteiger partial charge is 0.392 e. The summed E-state index contributed by atoms with van der Waals surface area (Å²) < 4.78 is 37.0. The summed E-state index contributed by atoms with van der Waals surface area (Å²) in [5.41, 5.74) is -1.53. The number of alkyl halides is 3. The van der Waals surface area contributed by atoms with Gasteiger partial charge >= 0.3 is 6.18 Å². The van der Waals surface area contributed by atoms with E-state index in [9.17, 15) is 13.2 Å². The first-order valence-electron chi connectivity index (χ1n) is 3.39. The van der Waals surface area contributed by atoms with Crippen LogP contribution in [0, 0.1) is 0 Å². The normalized spacial score (nSPS) is 11.9. The molecule has 7 heteroatoms. The number of nitrogens with zero attached hydrogens (tertiary/aromatic N) is 1. The third-order valence-electron chi connectivity index (χ3n) is 1.51. The zero-order valence-corrected chi connectivity index (χ0v) is 8.08. The van der Waals surface area contributed by atoms with E-state index < -0.39 is 29.1 Å². The molecule has 0 fully saturated rings. The Kier molecular flexibility index (Phi) is 3.24. The highest BCUT2D eigenvalue weighted by Crippen LogP contribution is 2.35. The summed E-state index contributed by atoms with van der Waals surface area (Å²) in [7, 11) is 0. The summed E-state index contributed by atoms with van der Waals surface area (Å²) >= 11 is 10.7. The minimum atomic E-state index is -4.60. The van der Waals surface area contributed by atoms with Crippen molar-refractivity contribution in [2.45, 2.75) is 12.8 Å². The van der Waals surface area contributed by atoms with Gasteiger partial charge in [0.1, 0.15) is 10.3 Å². The molecule has 1 heterocycles. The van der Waals surface area contributed by atoms with E-state index in [1.54, 1.807) is 0 Å². The highest BCUT2D eigenvalue weighted by atomic mass is 35.5. The molecule has 0 aliphatic carbocycles. The molecule has 1 rings (SSSR count). The number of aliphatic hydroxyl groups excluding tert-OH is 1. The number of pyridine rings is 1. The molecule has 0 saturated carbocycles. The Hall–Kier alpha value is -0.520. The first-order chi connectivity index (χ1) is 6.36. The van der Waals surface area contributed by atoms with Crippen LogP contribution in [-0.4, -0.2) is 10.1 Å². The molecule has 0 atom stereocenters. The third-order valence-corrected chi connectivity index (χ3v) is 2.01. The van der Waals surface area contributed by atoms with Crippen LogP contribution in [0.1, 0.15) is 11.1 Å². The van der Waals surface area contributed by atoms with E-state index in [0.29, 0.717) is 6.07 Å². The van der Waals surface area contributed by atoms with Gasteiger partial charge in [-0.25, -0.2) is 4.98 Å². The molecule has 0 radical (unpaired) electrons. The molecular formula is C7H4Cl2F3NO. The number of hydrogen-bond donors (Lipinski definition) is 1. The minimum absolute atomic E-state index is 0.362. The van der Waals surface area contributed by atoms with Crippen LogP contribution in [0.5, 0.6) is 0 Å². The fourth-order valence-corrected chi connectivity index (χ4v) is 1.40. The monoisotopic (exact) mass is 245 g/mol. The summed E-state index contributed by atoms with van der Waals surface area (Å²) in [6, 6.07) is 0.624. The predicted molar refractivity (Wildman–Crippen MR) is 45.2 cm³/mol. The zero-order valence-electron chi connectivity index (χ0n) is 6.57. The molecule has 0 aromatic carbocycles. The SMILES string of the molecule is OCc1c(C(F)(F)F)cc(Cl)nc1Cl. The summed E-state index contributed by atoms with van der Waals surface area (Å²) in [6.07, 6.45) is -4.60. The molecule has 1 aromatic heterocycles. The van der Waals surface area contributed by atoms with Gasteiger partial charge in [-0.15, -0.1) is 0 Å². The number of rotatable bonds is 1. The van der Waals surface area contributed by atoms with Gasteiger partial charge in [0.15, 0.2) is 0 Å². The van der Waals surface area contributed by atoms with Crippen molar-refractivity contribution in [3.63, 3.8) is 0 Å². The Balaban J connectivity index is 3.40. The van der Waals surface area contributed by atoms with Gasteiger partial charge in [0.05, 0.1) is 12.2 Å². The van der Waals surface area contributed by atoms with Gasteiger partial charge in [-0.1, -0.05) is 23.2 Å². The van der Waals surface area contributed by atoms with Crippen LogP contribution in [0.4, 0.5) is 13.2 Å². The van der Waals surface area contributed by atoms with E-state index in [2.05, 4.69) is 4.98 Å². The van der Waals surface area contributed by atoms with Crippen molar-refractivity contribution in [2.75, 3.05) is 0 Å². The topological polar surface area (TPSA) is 33.1 Å². The Morgan fingerprint density at radius 1 is 1.36 bits per heavy atom. The summed E-state index contributed by atoms with van der Waals surface area (Å²) in [5.74, 6) is 0.